The first kappa shape index (κ1) is 23.8. The number of hydrogen-bond donors (Lipinski definition) is 2. The van der Waals surface area contributed by atoms with Crippen molar-refractivity contribution in [3.8, 4) is 5.75 Å². The van der Waals surface area contributed by atoms with Crippen LogP contribution in [0.5, 0.6) is 5.75 Å². The van der Waals surface area contributed by atoms with Crippen LogP contribution in [0.25, 0.3) is 11.0 Å². The minimum absolute atomic E-state index is 0.0957. The number of aryl methyl sites for hydroxylation is 2. The molecule has 0 saturated carbocycles. The fourth-order valence-corrected chi connectivity index (χ4v) is 4.76. The van der Waals surface area contributed by atoms with Crippen molar-refractivity contribution in [1.82, 2.24) is 9.55 Å². The number of benzene rings is 2. The molecule has 3 aromatic rings. The number of hydrogen-bond acceptors (Lipinski definition) is 7. The summed E-state index contributed by atoms with van der Waals surface area (Å²) in [6.45, 7) is 3.63. The smallest absolute Gasteiger partial charge is 0.253 e. The highest BCUT2D eigenvalue weighted by Gasteiger charge is 2.26. The predicted octanol–water partition coefficient (Wildman–Crippen LogP) is 3.33. The van der Waals surface area contributed by atoms with Crippen LogP contribution in [0.15, 0.2) is 47.1 Å². The highest BCUT2D eigenvalue weighted by Crippen LogP contribution is 2.37. The summed E-state index contributed by atoms with van der Waals surface area (Å²) in [4.78, 5) is 20.5. The second-order valence-electron chi connectivity index (χ2n) is 9.13. The van der Waals surface area contributed by atoms with Crippen LogP contribution in [-0.4, -0.2) is 54.5 Å². The van der Waals surface area contributed by atoms with E-state index >= 15 is 0 Å². The number of ether oxygens (including phenoxy) is 1. The van der Waals surface area contributed by atoms with Gasteiger partial charge in [-0.2, -0.15) is 5.10 Å². The van der Waals surface area contributed by atoms with Gasteiger partial charge in [-0.25, -0.2) is 9.37 Å². The van der Waals surface area contributed by atoms with Gasteiger partial charge < -0.3 is 25.3 Å². The van der Waals surface area contributed by atoms with E-state index in [-0.39, 0.29) is 24.2 Å². The van der Waals surface area contributed by atoms with Gasteiger partial charge in [0.05, 0.1) is 30.5 Å². The number of aromatic nitrogens is 2. The molecule has 1 amide bonds. The molecule has 9 nitrogen and oxygen atoms in total. The van der Waals surface area contributed by atoms with E-state index in [1.54, 1.807) is 18.2 Å². The zero-order valence-electron chi connectivity index (χ0n) is 20.7. The molecular weight excluding hydrogens is 461 g/mol. The maximum atomic E-state index is 14.6. The molecule has 1 aromatic heterocycles. The van der Waals surface area contributed by atoms with E-state index in [1.807, 2.05) is 30.7 Å². The largest absolute Gasteiger partial charge is 0.494 e. The Morgan fingerprint density at radius 2 is 1.97 bits per heavy atom. The zero-order chi connectivity index (χ0) is 25.4. The molecule has 0 radical (unpaired) electrons. The topological polar surface area (TPSA) is 101 Å². The molecule has 2 aliphatic heterocycles. The van der Waals surface area contributed by atoms with Gasteiger partial charge in [0.1, 0.15) is 22.8 Å². The van der Waals surface area contributed by atoms with Crippen LogP contribution in [0.1, 0.15) is 18.7 Å². The highest BCUT2D eigenvalue weighted by atomic mass is 19.1. The van der Waals surface area contributed by atoms with Gasteiger partial charge in [0.15, 0.2) is 5.82 Å². The van der Waals surface area contributed by atoms with Crippen molar-refractivity contribution in [2.75, 3.05) is 42.0 Å². The Labute approximate surface area is 209 Å². The normalized spacial score (nSPS) is 16.4. The molecule has 5 rings (SSSR count). The third-order valence-corrected chi connectivity index (χ3v) is 6.88. The van der Waals surface area contributed by atoms with E-state index in [2.05, 4.69) is 15.3 Å². The number of amides is 1. The molecule has 0 unspecified atom stereocenters. The lowest BCUT2D eigenvalue weighted by molar-refractivity contribution is -0.112. The molecule has 0 spiro atoms. The number of nitrogens with one attached hydrogen (secondary N) is 1. The Kier molecular flexibility index (Phi) is 6.36. The highest BCUT2D eigenvalue weighted by molar-refractivity contribution is 6.11. The van der Waals surface area contributed by atoms with E-state index in [0.29, 0.717) is 17.0 Å². The van der Waals surface area contributed by atoms with E-state index in [4.69, 9.17) is 15.5 Å². The molecule has 0 aliphatic carbocycles. The van der Waals surface area contributed by atoms with Crippen molar-refractivity contribution in [2.45, 2.75) is 25.8 Å². The first-order valence-corrected chi connectivity index (χ1v) is 12.0. The molecule has 3 heterocycles. The van der Waals surface area contributed by atoms with Crippen molar-refractivity contribution in [1.29, 1.82) is 0 Å². The average Bonchev–Trinajstić information content (AvgIpc) is 3.17. The fraction of sp³-hybridized carbons (Fsp3) is 0.346. The number of piperidine rings is 1. The minimum atomic E-state index is -0.477. The van der Waals surface area contributed by atoms with Gasteiger partial charge in [-0.15, -0.1) is 0 Å². The summed E-state index contributed by atoms with van der Waals surface area (Å²) in [6, 6.07) is 8.63. The number of allylic oxidation sites excluding steroid dienone is 1. The standard InChI is InChI=1S/C26H30FN7O2/c1-16-30-23-21(32(16)2)8-7-20(25(23)33-13-10-18(28)11-14-33)31-26(35)17-9-12-29-34(15-17)24-19(27)5-4-6-22(24)36-3/h4-9,12,18H,10-11,13-15,28H2,1-3H3,(H,31,35). The number of halogens is 1. The molecule has 0 bridgehead atoms. The Morgan fingerprint density at radius 3 is 2.72 bits per heavy atom. The summed E-state index contributed by atoms with van der Waals surface area (Å²) in [5, 5.41) is 8.77. The predicted molar refractivity (Wildman–Crippen MR) is 140 cm³/mol. The SMILES string of the molecule is COc1cccc(F)c1N1CC(C(=O)Nc2ccc3c(nc(C)n3C)c2N2CCC(N)CC2)=CC=N1. The van der Waals surface area contributed by atoms with Gasteiger partial charge in [-0.3, -0.25) is 9.80 Å². The number of carbonyl (C=O) groups excluding carboxylic acids is 1. The quantitative estimate of drug-likeness (QED) is 0.568. The molecule has 3 N–H and O–H groups in total. The van der Waals surface area contributed by atoms with Crippen LogP contribution in [0.4, 0.5) is 21.5 Å². The molecule has 188 valence electrons. The molecular formula is C26H30FN7O2. The zero-order valence-corrected chi connectivity index (χ0v) is 20.7. The van der Waals surface area contributed by atoms with Gasteiger partial charge in [-0.05, 0) is 50.1 Å². The van der Waals surface area contributed by atoms with Crippen LogP contribution in [0.3, 0.4) is 0 Å². The second-order valence-corrected chi connectivity index (χ2v) is 9.13. The minimum Gasteiger partial charge on any atom is -0.494 e. The first-order valence-electron chi connectivity index (χ1n) is 12.0. The number of nitrogens with zero attached hydrogens (tertiary/aromatic N) is 5. The lowest BCUT2D eigenvalue weighted by Crippen LogP contribution is -2.40. The van der Waals surface area contributed by atoms with Crippen LogP contribution >= 0.6 is 0 Å². The monoisotopic (exact) mass is 491 g/mol. The van der Waals surface area contributed by atoms with Crippen LogP contribution < -0.4 is 25.7 Å². The Hall–Kier alpha value is -3.92. The number of anilines is 3. The Morgan fingerprint density at radius 1 is 1.19 bits per heavy atom. The van der Waals surface area contributed by atoms with Crippen molar-refractivity contribution >= 4 is 40.2 Å². The number of hydrazone groups is 1. The van der Waals surface area contributed by atoms with Crippen molar-refractivity contribution in [3.63, 3.8) is 0 Å². The molecule has 2 aliphatic rings. The number of methoxy groups -OCH3 is 1. The van der Waals surface area contributed by atoms with Gasteiger partial charge >= 0.3 is 0 Å². The summed E-state index contributed by atoms with van der Waals surface area (Å²) in [6.07, 6.45) is 4.87. The first-order chi connectivity index (χ1) is 17.4. The lowest BCUT2D eigenvalue weighted by atomic mass is 10.0. The lowest BCUT2D eigenvalue weighted by Gasteiger charge is -2.33. The van der Waals surface area contributed by atoms with E-state index in [1.165, 1.54) is 24.4 Å². The Balaban J connectivity index is 1.45. The number of imidazole rings is 1. The number of fused-ring (bicyclic) bond motifs is 1. The van der Waals surface area contributed by atoms with Gasteiger partial charge in [0, 0.05) is 38.0 Å². The van der Waals surface area contributed by atoms with Crippen LogP contribution in [0, 0.1) is 12.7 Å². The number of rotatable bonds is 5. The molecule has 1 saturated heterocycles. The Bertz CT molecular complexity index is 1370. The maximum absolute atomic E-state index is 14.6. The van der Waals surface area contributed by atoms with Gasteiger partial charge in [-0.1, -0.05) is 6.07 Å². The van der Waals surface area contributed by atoms with Crippen LogP contribution in [-0.2, 0) is 11.8 Å². The summed E-state index contributed by atoms with van der Waals surface area (Å²) in [5.74, 6) is 0.470. The van der Waals surface area contributed by atoms with Crippen molar-refractivity contribution < 1.29 is 13.9 Å². The molecule has 36 heavy (non-hydrogen) atoms. The number of carbonyl (C=O) groups is 1. The number of nitrogens with two attached hydrogens (primary N) is 1. The summed E-state index contributed by atoms with van der Waals surface area (Å²) in [7, 11) is 3.45. The van der Waals surface area contributed by atoms with E-state index in [0.717, 1.165) is 48.5 Å². The summed E-state index contributed by atoms with van der Waals surface area (Å²) in [5.41, 5.74) is 10.2. The van der Waals surface area contributed by atoms with Gasteiger partial charge in [0.2, 0.25) is 0 Å². The third-order valence-electron chi connectivity index (χ3n) is 6.88. The third kappa shape index (κ3) is 4.28. The van der Waals surface area contributed by atoms with Crippen molar-refractivity contribution in [3.05, 3.63) is 53.6 Å². The van der Waals surface area contributed by atoms with Gasteiger partial charge in [0.25, 0.3) is 5.91 Å². The van der Waals surface area contributed by atoms with Crippen molar-refractivity contribution in [2.24, 2.45) is 17.9 Å². The van der Waals surface area contributed by atoms with E-state index in [9.17, 15) is 9.18 Å². The average molecular weight is 492 g/mol. The second kappa shape index (κ2) is 9.62. The van der Waals surface area contributed by atoms with E-state index < -0.39 is 5.82 Å². The van der Waals surface area contributed by atoms with Crippen LogP contribution in [0.2, 0.25) is 0 Å². The fourth-order valence-electron chi connectivity index (χ4n) is 4.76. The number of para-hydroxylation sites is 1. The summed E-state index contributed by atoms with van der Waals surface area (Å²) >= 11 is 0. The molecule has 10 heteroatoms. The molecule has 1 fully saturated rings. The summed E-state index contributed by atoms with van der Waals surface area (Å²) < 4.78 is 22.0. The molecule has 2 aromatic carbocycles. The molecule has 0 atom stereocenters. The maximum Gasteiger partial charge on any atom is 0.253 e.